The third-order valence-corrected chi connectivity index (χ3v) is 4.34. The number of hydrogen-bond acceptors (Lipinski definition) is 5. The highest BCUT2D eigenvalue weighted by Crippen LogP contribution is 2.25. The minimum absolute atomic E-state index is 0.0750. The van der Waals surface area contributed by atoms with Crippen LogP contribution in [0.5, 0.6) is 17.4 Å². The van der Waals surface area contributed by atoms with Gasteiger partial charge in [-0.2, -0.15) is 0 Å². The summed E-state index contributed by atoms with van der Waals surface area (Å²) in [5.74, 6) is 1.65. The monoisotopic (exact) mass is 377 g/mol. The molecule has 0 saturated carbocycles. The number of nitrogens with zero attached hydrogens (tertiary/aromatic N) is 2. The summed E-state index contributed by atoms with van der Waals surface area (Å²) in [6.07, 6.45) is 0.892. The molecule has 0 fully saturated rings. The molecule has 1 N–H and O–H groups in total. The van der Waals surface area contributed by atoms with Crippen molar-refractivity contribution in [3.8, 4) is 28.6 Å². The summed E-state index contributed by atoms with van der Waals surface area (Å²) >= 11 is 0. The van der Waals surface area contributed by atoms with Crippen molar-refractivity contribution in [3.05, 3.63) is 66.2 Å². The van der Waals surface area contributed by atoms with Gasteiger partial charge in [0.2, 0.25) is 5.88 Å². The summed E-state index contributed by atoms with van der Waals surface area (Å²) < 4.78 is 10.9. The average Bonchev–Trinajstić information content (AvgIpc) is 2.74. The van der Waals surface area contributed by atoms with Crippen LogP contribution >= 0.6 is 0 Å². The summed E-state index contributed by atoms with van der Waals surface area (Å²) in [6.45, 7) is 4.02. The van der Waals surface area contributed by atoms with E-state index >= 15 is 0 Å². The molecular weight excluding hydrogens is 354 g/mol. The predicted octanol–water partition coefficient (Wildman–Crippen LogP) is 4.47. The van der Waals surface area contributed by atoms with Crippen molar-refractivity contribution in [3.63, 3.8) is 0 Å². The third-order valence-electron chi connectivity index (χ3n) is 4.34. The Balaban J connectivity index is 1.68. The van der Waals surface area contributed by atoms with Crippen molar-refractivity contribution in [1.29, 1.82) is 0 Å². The number of carbonyl (C=O) groups is 1. The van der Waals surface area contributed by atoms with Gasteiger partial charge in [-0.25, -0.2) is 0 Å². The molecule has 6 nitrogen and oxygen atoms in total. The number of rotatable bonds is 7. The van der Waals surface area contributed by atoms with Gasteiger partial charge in [-0.1, -0.05) is 25.1 Å². The van der Waals surface area contributed by atoms with Gasteiger partial charge in [0.05, 0.1) is 12.8 Å². The molecule has 0 saturated heterocycles. The first-order valence-corrected chi connectivity index (χ1v) is 9.16. The molecule has 0 aliphatic rings. The molecule has 0 bridgehead atoms. The average molecular weight is 377 g/mol. The maximum atomic E-state index is 12.2. The highest BCUT2D eigenvalue weighted by Gasteiger charge is 2.09. The maximum Gasteiger partial charge on any atom is 0.251 e. The van der Waals surface area contributed by atoms with E-state index in [4.69, 9.17) is 9.47 Å². The zero-order valence-electron chi connectivity index (χ0n) is 16.2. The second-order valence-corrected chi connectivity index (χ2v) is 6.40. The van der Waals surface area contributed by atoms with E-state index < -0.39 is 0 Å². The first kappa shape index (κ1) is 19.4. The van der Waals surface area contributed by atoms with Crippen LogP contribution in [0.1, 0.15) is 30.6 Å². The normalized spacial score (nSPS) is 11.5. The van der Waals surface area contributed by atoms with Crippen LogP contribution in [0, 0.1) is 0 Å². The molecule has 0 radical (unpaired) electrons. The third kappa shape index (κ3) is 4.85. The minimum atomic E-state index is -0.0750. The summed E-state index contributed by atoms with van der Waals surface area (Å²) in [4.78, 5) is 12.2. The predicted molar refractivity (Wildman–Crippen MR) is 108 cm³/mol. The van der Waals surface area contributed by atoms with Gasteiger partial charge >= 0.3 is 0 Å². The number of hydrogen-bond donors (Lipinski definition) is 1. The lowest BCUT2D eigenvalue weighted by atomic mass is 10.1. The minimum Gasteiger partial charge on any atom is -0.497 e. The Morgan fingerprint density at radius 2 is 1.79 bits per heavy atom. The molecule has 1 heterocycles. The van der Waals surface area contributed by atoms with E-state index in [1.54, 1.807) is 31.4 Å². The standard InChI is InChI=1S/C22H23N3O3/c1-4-15(2)23-22(26)17-10-8-16(9-11-17)20-12-13-21(25-24-20)28-19-7-5-6-18(14-19)27-3/h5-15H,4H2,1-3H3,(H,23,26). The number of benzene rings is 2. The quantitative estimate of drug-likeness (QED) is 0.657. The van der Waals surface area contributed by atoms with E-state index in [0.29, 0.717) is 28.6 Å². The molecule has 0 aliphatic heterocycles. The van der Waals surface area contributed by atoms with Gasteiger partial charge in [0.15, 0.2) is 0 Å². The van der Waals surface area contributed by atoms with Crippen molar-refractivity contribution in [1.82, 2.24) is 15.5 Å². The van der Waals surface area contributed by atoms with Gasteiger partial charge < -0.3 is 14.8 Å². The topological polar surface area (TPSA) is 73.3 Å². The van der Waals surface area contributed by atoms with Crippen molar-refractivity contribution in [2.45, 2.75) is 26.3 Å². The molecule has 2 aromatic carbocycles. The number of carbonyl (C=O) groups excluding carboxylic acids is 1. The molecule has 3 aromatic rings. The number of amides is 1. The molecule has 1 unspecified atom stereocenters. The summed E-state index contributed by atoms with van der Waals surface area (Å²) in [6, 6.07) is 18.3. The highest BCUT2D eigenvalue weighted by atomic mass is 16.5. The molecule has 28 heavy (non-hydrogen) atoms. The van der Waals surface area contributed by atoms with Crippen molar-refractivity contribution >= 4 is 5.91 Å². The van der Waals surface area contributed by atoms with Crippen molar-refractivity contribution in [2.75, 3.05) is 7.11 Å². The van der Waals surface area contributed by atoms with Crippen molar-refractivity contribution in [2.24, 2.45) is 0 Å². The van der Waals surface area contributed by atoms with E-state index in [1.165, 1.54) is 0 Å². The summed E-state index contributed by atoms with van der Waals surface area (Å²) in [5.41, 5.74) is 2.20. The van der Waals surface area contributed by atoms with Gasteiger partial charge in [0.1, 0.15) is 11.5 Å². The van der Waals surface area contributed by atoms with Crippen LogP contribution in [0.2, 0.25) is 0 Å². The SMILES string of the molecule is CCC(C)NC(=O)c1ccc(-c2ccc(Oc3cccc(OC)c3)nn2)cc1. The fourth-order valence-electron chi connectivity index (χ4n) is 2.52. The smallest absolute Gasteiger partial charge is 0.251 e. The van der Waals surface area contributed by atoms with Gasteiger partial charge in [-0.15, -0.1) is 10.2 Å². The van der Waals surface area contributed by atoms with Crippen LogP contribution < -0.4 is 14.8 Å². The Bertz CT molecular complexity index is 925. The second-order valence-electron chi connectivity index (χ2n) is 6.40. The fourth-order valence-corrected chi connectivity index (χ4v) is 2.52. The fraction of sp³-hybridized carbons (Fsp3) is 0.227. The van der Waals surface area contributed by atoms with E-state index in [0.717, 1.165) is 12.0 Å². The largest absolute Gasteiger partial charge is 0.497 e. The molecule has 1 amide bonds. The van der Waals surface area contributed by atoms with Crippen LogP contribution in [0.15, 0.2) is 60.7 Å². The lowest BCUT2D eigenvalue weighted by molar-refractivity contribution is 0.0939. The van der Waals surface area contributed by atoms with Crippen LogP contribution in [-0.2, 0) is 0 Å². The van der Waals surface area contributed by atoms with Crippen LogP contribution in [-0.4, -0.2) is 29.3 Å². The lowest BCUT2D eigenvalue weighted by Crippen LogP contribution is -2.31. The Morgan fingerprint density at radius 1 is 1.04 bits per heavy atom. The number of nitrogens with one attached hydrogen (secondary N) is 1. The van der Waals surface area contributed by atoms with Crippen LogP contribution in [0.4, 0.5) is 0 Å². The zero-order valence-corrected chi connectivity index (χ0v) is 16.2. The van der Waals surface area contributed by atoms with Crippen LogP contribution in [0.3, 0.4) is 0 Å². The summed E-state index contributed by atoms with van der Waals surface area (Å²) in [7, 11) is 1.60. The van der Waals surface area contributed by atoms with Gasteiger partial charge in [0, 0.05) is 29.3 Å². The maximum absolute atomic E-state index is 12.2. The van der Waals surface area contributed by atoms with E-state index in [9.17, 15) is 4.79 Å². The van der Waals surface area contributed by atoms with E-state index in [2.05, 4.69) is 15.5 Å². The van der Waals surface area contributed by atoms with E-state index in [-0.39, 0.29) is 11.9 Å². The molecule has 1 aromatic heterocycles. The first-order chi connectivity index (χ1) is 13.6. The van der Waals surface area contributed by atoms with Crippen molar-refractivity contribution < 1.29 is 14.3 Å². The molecule has 144 valence electrons. The Hall–Kier alpha value is -3.41. The number of methoxy groups -OCH3 is 1. The van der Waals surface area contributed by atoms with Crippen LogP contribution in [0.25, 0.3) is 11.3 Å². The van der Waals surface area contributed by atoms with Gasteiger partial charge in [0.25, 0.3) is 5.91 Å². The lowest BCUT2D eigenvalue weighted by Gasteiger charge is -2.11. The van der Waals surface area contributed by atoms with E-state index in [1.807, 2.05) is 50.2 Å². The Kier molecular flexibility index (Phi) is 6.22. The second kappa shape index (κ2) is 8.99. The number of ether oxygens (including phenoxy) is 2. The molecule has 3 rings (SSSR count). The summed E-state index contributed by atoms with van der Waals surface area (Å²) in [5, 5.41) is 11.3. The first-order valence-electron chi connectivity index (χ1n) is 9.16. The molecule has 6 heteroatoms. The Labute approximate surface area is 164 Å². The zero-order chi connectivity index (χ0) is 19.9. The molecule has 0 aliphatic carbocycles. The van der Waals surface area contributed by atoms with Gasteiger partial charge in [-0.3, -0.25) is 4.79 Å². The molecule has 0 spiro atoms. The molecular formula is C22H23N3O3. The highest BCUT2D eigenvalue weighted by molar-refractivity contribution is 5.94. The molecule has 1 atom stereocenters. The van der Waals surface area contributed by atoms with Gasteiger partial charge in [-0.05, 0) is 43.7 Å². The Morgan fingerprint density at radius 3 is 2.43 bits per heavy atom. The number of aromatic nitrogens is 2.